The number of hydrogen-bond donors (Lipinski definition) is 0. The van der Waals surface area contributed by atoms with Gasteiger partial charge in [-0.3, -0.25) is 9.78 Å². The Bertz CT molecular complexity index is 360. The van der Waals surface area contributed by atoms with E-state index in [0.717, 1.165) is 23.4 Å². The monoisotopic (exact) mass is 221 g/mol. The zero-order valence-corrected chi connectivity index (χ0v) is 9.88. The van der Waals surface area contributed by atoms with E-state index in [1.165, 1.54) is 11.8 Å². The fourth-order valence-electron chi connectivity index (χ4n) is 1.15. The smallest absolute Gasteiger partial charge is 0.185 e. The highest BCUT2D eigenvalue weighted by Gasteiger charge is 1.93. The van der Waals surface area contributed by atoms with E-state index in [1.807, 2.05) is 19.1 Å². The molecule has 0 amide bonds. The Morgan fingerprint density at radius 1 is 1.60 bits per heavy atom. The molecule has 0 aromatic carbocycles. The van der Waals surface area contributed by atoms with Crippen LogP contribution in [0, 0.1) is 6.92 Å². The predicted octanol–water partition coefficient (Wildman–Crippen LogP) is 3.07. The van der Waals surface area contributed by atoms with Gasteiger partial charge in [0.05, 0.1) is 0 Å². The predicted molar refractivity (Wildman–Crippen MR) is 65.8 cm³/mol. The molecular weight excluding hydrogens is 206 g/mol. The SMILES string of the molecule is CC(=O)SCCC=Cc1cccnc1C. The molecule has 0 aliphatic heterocycles. The Hall–Kier alpha value is -1.09. The van der Waals surface area contributed by atoms with Crippen LogP contribution in [-0.4, -0.2) is 15.9 Å². The molecular formula is C12H15NOS. The van der Waals surface area contributed by atoms with E-state index < -0.39 is 0 Å². The van der Waals surface area contributed by atoms with Crippen molar-refractivity contribution < 1.29 is 4.79 Å². The van der Waals surface area contributed by atoms with E-state index in [0.29, 0.717) is 0 Å². The molecule has 0 N–H and O–H groups in total. The molecule has 0 unspecified atom stereocenters. The van der Waals surface area contributed by atoms with E-state index in [-0.39, 0.29) is 5.12 Å². The Balaban J connectivity index is 2.38. The van der Waals surface area contributed by atoms with Crippen molar-refractivity contribution in [2.24, 2.45) is 0 Å². The second kappa shape index (κ2) is 6.40. The lowest BCUT2D eigenvalue weighted by Crippen LogP contribution is -1.85. The molecule has 15 heavy (non-hydrogen) atoms. The van der Waals surface area contributed by atoms with Crippen molar-refractivity contribution in [3.8, 4) is 0 Å². The quantitative estimate of drug-likeness (QED) is 0.732. The van der Waals surface area contributed by atoms with E-state index >= 15 is 0 Å². The minimum atomic E-state index is 0.181. The van der Waals surface area contributed by atoms with Crippen molar-refractivity contribution in [1.82, 2.24) is 4.98 Å². The van der Waals surface area contributed by atoms with E-state index in [4.69, 9.17) is 0 Å². The lowest BCUT2D eigenvalue weighted by Gasteiger charge is -1.97. The van der Waals surface area contributed by atoms with Gasteiger partial charge >= 0.3 is 0 Å². The number of rotatable bonds is 4. The molecule has 0 aliphatic rings. The second-order valence-corrected chi connectivity index (χ2v) is 4.48. The van der Waals surface area contributed by atoms with Crippen molar-refractivity contribution >= 4 is 23.0 Å². The molecule has 0 radical (unpaired) electrons. The first-order chi connectivity index (χ1) is 7.20. The average Bonchev–Trinajstić information content (AvgIpc) is 2.20. The van der Waals surface area contributed by atoms with Crippen LogP contribution in [0.5, 0.6) is 0 Å². The maximum absolute atomic E-state index is 10.7. The van der Waals surface area contributed by atoms with Crippen LogP contribution in [0.1, 0.15) is 24.6 Å². The van der Waals surface area contributed by atoms with Crippen LogP contribution in [0.15, 0.2) is 24.4 Å². The largest absolute Gasteiger partial charge is 0.288 e. The van der Waals surface area contributed by atoms with Crippen molar-refractivity contribution in [3.63, 3.8) is 0 Å². The molecule has 3 heteroatoms. The summed E-state index contributed by atoms with van der Waals surface area (Å²) in [6.07, 6.45) is 6.85. The van der Waals surface area contributed by atoms with Crippen LogP contribution in [0.4, 0.5) is 0 Å². The van der Waals surface area contributed by atoms with Crippen LogP contribution in [-0.2, 0) is 4.79 Å². The van der Waals surface area contributed by atoms with Crippen molar-refractivity contribution in [2.75, 3.05) is 5.75 Å². The lowest BCUT2D eigenvalue weighted by atomic mass is 10.2. The summed E-state index contributed by atoms with van der Waals surface area (Å²) in [4.78, 5) is 14.9. The number of nitrogens with zero attached hydrogens (tertiary/aromatic N) is 1. The third kappa shape index (κ3) is 4.79. The maximum atomic E-state index is 10.7. The summed E-state index contributed by atoms with van der Waals surface area (Å²) in [7, 11) is 0. The molecule has 1 rings (SSSR count). The highest BCUT2D eigenvalue weighted by Crippen LogP contribution is 2.08. The normalized spacial score (nSPS) is 10.8. The number of aryl methyl sites for hydroxylation is 1. The van der Waals surface area contributed by atoms with Gasteiger partial charge in [0.15, 0.2) is 5.12 Å². The average molecular weight is 221 g/mol. The third-order valence-electron chi connectivity index (χ3n) is 1.94. The Morgan fingerprint density at radius 2 is 2.40 bits per heavy atom. The third-order valence-corrected chi connectivity index (χ3v) is 2.78. The Labute approximate surface area is 94.8 Å². The summed E-state index contributed by atoms with van der Waals surface area (Å²) >= 11 is 1.36. The van der Waals surface area contributed by atoms with Gasteiger partial charge in [-0.1, -0.05) is 30.0 Å². The van der Waals surface area contributed by atoms with Gasteiger partial charge in [-0.25, -0.2) is 0 Å². The minimum absolute atomic E-state index is 0.181. The molecule has 2 nitrogen and oxygen atoms in total. The second-order valence-electron chi connectivity index (χ2n) is 3.21. The summed E-state index contributed by atoms with van der Waals surface area (Å²) in [5.74, 6) is 0.852. The Kier molecular flexibility index (Phi) is 5.12. The van der Waals surface area contributed by atoms with Gasteiger partial charge in [0.2, 0.25) is 0 Å². The van der Waals surface area contributed by atoms with E-state index in [1.54, 1.807) is 13.1 Å². The highest BCUT2D eigenvalue weighted by molar-refractivity contribution is 8.13. The minimum Gasteiger partial charge on any atom is -0.288 e. The van der Waals surface area contributed by atoms with Crippen molar-refractivity contribution in [1.29, 1.82) is 0 Å². The molecule has 1 heterocycles. The number of allylic oxidation sites excluding steroid dienone is 1. The molecule has 0 saturated carbocycles. The standard InChI is InChI=1S/C12H15NOS/c1-10-12(7-5-8-13-10)6-3-4-9-15-11(2)14/h3,5-8H,4,9H2,1-2H3. The van der Waals surface area contributed by atoms with Crippen molar-refractivity contribution in [2.45, 2.75) is 20.3 Å². The highest BCUT2D eigenvalue weighted by atomic mass is 32.2. The molecule has 0 atom stereocenters. The fraction of sp³-hybridized carbons (Fsp3) is 0.333. The molecule has 1 aromatic rings. The summed E-state index contributed by atoms with van der Waals surface area (Å²) in [5, 5.41) is 0.181. The molecule has 0 bridgehead atoms. The van der Waals surface area contributed by atoms with Gasteiger partial charge < -0.3 is 0 Å². The first kappa shape index (κ1) is 12.0. The van der Waals surface area contributed by atoms with Gasteiger partial charge in [-0.05, 0) is 25.0 Å². The zero-order chi connectivity index (χ0) is 11.1. The Morgan fingerprint density at radius 3 is 3.07 bits per heavy atom. The number of pyridine rings is 1. The van der Waals surface area contributed by atoms with E-state index in [9.17, 15) is 4.79 Å². The number of carbonyl (C=O) groups excluding carboxylic acids is 1. The lowest BCUT2D eigenvalue weighted by molar-refractivity contribution is -0.109. The first-order valence-corrected chi connectivity index (χ1v) is 5.90. The molecule has 1 aromatic heterocycles. The van der Waals surface area contributed by atoms with E-state index in [2.05, 4.69) is 17.1 Å². The zero-order valence-electron chi connectivity index (χ0n) is 9.06. The van der Waals surface area contributed by atoms with Crippen LogP contribution in [0.25, 0.3) is 6.08 Å². The number of hydrogen-bond acceptors (Lipinski definition) is 3. The van der Waals surface area contributed by atoms with Gasteiger partial charge in [0.25, 0.3) is 0 Å². The number of thioether (sulfide) groups is 1. The molecule has 0 spiro atoms. The first-order valence-electron chi connectivity index (χ1n) is 4.91. The summed E-state index contributed by atoms with van der Waals surface area (Å²) < 4.78 is 0. The van der Waals surface area contributed by atoms with Gasteiger partial charge in [-0.2, -0.15) is 0 Å². The van der Waals surface area contributed by atoms with Gasteiger partial charge in [0.1, 0.15) is 0 Å². The number of carbonyl (C=O) groups is 1. The molecule has 80 valence electrons. The molecule has 0 saturated heterocycles. The van der Waals surface area contributed by atoms with Crippen LogP contribution < -0.4 is 0 Å². The summed E-state index contributed by atoms with van der Waals surface area (Å²) in [6, 6.07) is 3.97. The fourth-order valence-corrected chi connectivity index (χ4v) is 1.70. The van der Waals surface area contributed by atoms with Crippen LogP contribution in [0.2, 0.25) is 0 Å². The summed E-state index contributed by atoms with van der Waals surface area (Å²) in [5.41, 5.74) is 2.18. The van der Waals surface area contributed by atoms with Crippen molar-refractivity contribution in [3.05, 3.63) is 35.7 Å². The molecule has 0 aliphatic carbocycles. The topological polar surface area (TPSA) is 30.0 Å². The summed E-state index contributed by atoms with van der Waals surface area (Å²) in [6.45, 7) is 3.59. The molecule has 0 fully saturated rings. The van der Waals surface area contributed by atoms with Crippen LogP contribution in [0.3, 0.4) is 0 Å². The number of aromatic nitrogens is 1. The maximum Gasteiger partial charge on any atom is 0.185 e. The van der Waals surface area contributed by atoms with Gasteiger partial charge in [-0.15, -0.1) is 0 Å². The van der Waals surface area contributed by atoms with Gasteiger partial charge in [0, 0.05) is 24.6 Å². The van der Waals surface area contributed by atoms with Crippen LogP contribution >= 0.6 is 11.8 Å².